The van der Waals surface area contributed by atoms with Gasteiger partial charge in [0.15, 0.2) is 17.3 Å². The first-order valence-corrected chi connectivity index (χ1v) is 12.8. The van der Waals surface area contributed by atoms with E-state index in [1.807, 2.05) is 13.8 Å². The van der Waals surface area contributed by atoms with Crippen molar-refractivity contribution in [1.82, 2.24) is 0 Å². The summed E-state index contributed by atoms with van der Waals surface area (Å²) in [6.07, 6.45) is 1.65. The molecule has 1 unspecified atom stereocenters. The Morgan fingerprint density at radius 3 is 2.36 bits per heavy atom. The topological polar surface area (TPSA) is 116 Å². The van der Waals surface area contributed by atoms with Crippen molar-refractivity contribution in [2.75, 3.05) is 27.6 Å². The lowest BCUT2D eigenvalue weighted by Crippen LogP contribution is -2.52. The number of ether oxygens (including phenoxy) is 7. The van der Waals surface area contributed by atoms with Crippen molar-refractivity contribution in [3.63, 3.8) is 0 Å². The fourth-order valence-electron chi connectivity index (χ4n) is 5.89. The van der Waals surface area contributed by atoms with Crippen LogP contribution < -0.4 is 14.2 Å². The maximum atomic E-state index is 14.5. The highest BCUT2D eigenvalue weighted by Crippen LogP contribution is 2.61. The molecule has 0 saturated carbocycles. The quantitative estimate of drug-likeness (QED) is 0.403. The Morgan fingerprint density at radius 1 is 1.00 bits per heavy atom. The van der Waals surface area contributed by atoms with Crippen molar-refractivity contribution in [3.05, 3.63) is 52.0 Å². The number of allylic oxidation sites excluding steroid dienone is 3. The maximum absolute atomic E-state index is 14.5. The van der Waals surface area contributed by atoms with Crippen LogP contribution in [0.4, 0.5) is 0 Å². The van der Waals surface area contributed by atoms with Gasteiger partial charge in [0.05, 0.1) is 14.2 Å². The summed E-state index contributed by atoms with van der Waals surface area (Å²) < 4.78 is 40.9. The highest BCUT2D eigenvalue weighted by Gasteiger charge is 2.62. The van der Waals surface area contributed by atoms with Crippen LogP contribution in [0.5, 0.6) is 17.2 Å². The number of ketones is 1. The summed E-state index contributed by atoms with van der Waals surface area (Å²) in [5.41, 5.74) is 0.488. The van der Waals surface area contributed by atoms with Gasteiger partial charge in [0.2, 0.25) is 24.1 Å². The van der Waals surface area contributed by atoms with Crippen LogP contribution in [0.3, 0.4) is 0 Å². The zero-order chi connectivity index (χ0) is 28.2. The predicted octanol–water partition coefficient (Wildman–Crippen LogP) is 3.83. The van der Waals surface area contributed by atoms with E-state index < -0.39 is 41.3 Å². The fraction of sp³-hybridized carbons (Fsp3) is 0.483. The second-order valence-electron chi connectivity index (χ2n) is 10.2. The molecule has 0 saturated heterocycles. The molecule has 10 heteroatoms. The molecule has 1 spiro atoms. The molecule has 10 nitrogen and oxygen atoms in total. The number of fused-ring (bicyclic) bond motifs is 2. The molecule has 0 fully saturated rings. The van der Waals surface area contributed by atoms with Gasteiger partial charge in [-0.25, -0.2) is 4.79 Å². The summed E-state index contributed by atoms with van der Waals surface area (Å²) in [7, 11) is 2.83. The summed E-state index contributed by atoms with van der Waals surface area (Å²) in [5.74, 6) is -0.907. The summed E-state index contributed by atoms with van der Waals surface area (Å²) in [5, 5.41) is 0. The van der Waals surface area contributed by atoms with Crippen LogP contribution in [0.1, 0.15) is 51.8 Å². The van der Waals surface area contributed by atoms with Gasteiger partial charge in [0.1, 0.15) is 24.2 Å². The molecule has 0 amide bonds. The number of methoxy groups -OCH3 is 2. The van der Waals surface area contributed by atoms with E-state index in [1.54, 1.807) is 32.1 Å². The molecule has 5 atom stereocenters. The third kappa shape index (κ3) is 3.79. The molecule has 0 bridgehead atoms. The van der Waals surface area contributed by atoms with Gasteiger partial charge in [-0.05, 0) is 31.6 Å². The third-order valence-electron chi connectivity index (χ3n) is 8.21. The van der Waals surface area contributed by atoms with Gasteiger partial charge >= 0.3 is 11.9 Å². The highest BCUT2D eigenvalue weighted by atomic mass is 16.7. The van der Waals surface area contributed by atoms with Crippen LogP contribution in [0, 0.1) is 11.8 Å². The molecule has 1 aromatic rings. The van der Waals surface area contributed by atoms with Gasteiger partial charge in [0, 0.05) is 35.5 Å². The molecule has 0 radical (unpaired) electrons. The van der Waals surface area contributed by atoms with Gasteiger partial charge in [0.25, 0.3) is 0 Å². The van der Waals surface area contributed by atoms with E-state index >= 15 is 0 Å². The maximum Gasteiger partial charge on any atom is 0.333 e. The number of hydrogen-bond donors (Lipinski definition) is 0. The molecule has 0 N–H and O–H groups in total. The average molecular weight is 541 g/mol. The molecule has 39 heavy (non-hydrogen) atoms. The van der Waals surface area contributed by atoms with E-state index in [1.165, 1.54) is 21.1 Å². The molecule has 2 aliphatic carbocycles. The number of rotatable bonds is 5. The first-order valence-electron chi connectivity index (χ1n) is 12.8. The lowest BCUT2D eigenvalue weighted by molar-refractivity contribution is -0.156. The van der Waals surface area contributed by atoms with Crippen molar-refractivity contribution >= 4 is 17.7 Å². The average Bonchev–Trinajstić information content (AvgIpc) is 3.55. The van der Waals surface area contributed by atoms with Gasteiger partial charge in [-0.1, -0.05) is 19.9 Å². The van der Waals surface area contributed by atoms with E-state index in [0.29, 0.717) is 39.5 Å². The fourth-order valence-corrected chi connectivity index (χ4v) is 5.89. The van der Waals surface area contributed by atoms with Crippen LogP contribution in [-0.4, -0.2) is 51.4 Å². The minimum absolute atomic E-state index is 0.00229. The summed E-state index contributed by atoms with van der Waals surface area (Å²) in [6, 6.07) is 1.75. The summed E-state index contributed by atoms with van der Waals surface area (Å²) in [6.45, 7) is 8.42. The van der Waals surface area contributed by atoms with Crippen LogP contribution in [0.2, 0.25) is 0 Å². The van der Waals surface area contributed by atoms with Gasteiger partial charge in [-0.15, -0.1) is 0 Å². The normalized spacial score (nSPS) is 28.8. The first kappa shape index (κ1) is 26.6. The molecule has 1 aromatic carbocycles. The van der Waals surface area contributed by atoms with Crippen molar-refractivity contribution in [3.8, 4) is 17.2 Å². The van der Waals surface area contributed by atoms with Crippen molar-refractivity contribution in [2.24, 2.45) is 11.8 Å². The highest BCUT2D eigenvalue weighted by molar-refractivity contribution is 6.08. The predicted molar refractivity (Wildman–Crippen MR) is 136 cm³/mol. The number of benzene rings is 1. The second-order valence-corrected chi connectivity index (χ2v) is 10.2. The lowest BCUT2D eigenvalue weighted by atomic mass is 9.61. The monoisotopic (exact) mass is 540 g/mol. The first-order chi connectivity index (χ1) is 18.6. The van der Waals surface area contributed by atoms with E-state index in [-0.39, 0.29) is 30.8 Å². The van der Waals surface area contributed by atoms with Gasteiger partial charge < -0.3 is 33.2 Å². The van der Waals surface area contributed by atoms with Crippen LogP contribution in [0.25, 0.3) is 0 Å². The van der Waals surface area contributed by atoms with E-state index in [4.69, 9.17) is 33.2 Å². The molecule has 208 valence electrons. The molecule has 5 rings (SSSR count). The third-order valence-corrected chi connectivity index (χ3v) is 8.21. The Labute approximate surface area is 226 Å². The SMILES string of the molecule is C/C=C(\C)C(=O)O[C@H]1c2cc3c(c4c2C2(CO4)C(=O)C(OC)=C(OC)C=C2[C@H](OC(C)=O)[C@H](C)[C@H]1C)OCO3. The lowest BCUT2D eigenvalue weighted by Gasteiger charge is -2.44. The smallest absolute Gasteiger partial charge is 0.333 e. The van der Waals surface area contributed by atoms with Crippen molar-refractivity contribution < 1.29 is 47.5 Å². The minimum atomic E-state index is -1.46. The van der Waals surface area contributed by atoms with Crippen LogP contribution in [0.15, 0.2) is 40.9 Å². The van der Waals surface area contributed by atoms with Gasteiger partial charge in [-0.2, -0.15) is 0 Å². The summed E-state index contributed by atoms with van der Waals surface area (Å²) >= 11 is 0. The van der Waals surface area contributed by atoms with E-state index in [0.717, 1.165) is 0 Å². The molecule has 2 heterocycles. The molecular weight excluding hydrogens is 508 g/mol. The molecule has 0 aromatic heterocycles. The number of esters is 2. The number of Topliss-reactive ketones (excluding diaryl/α,β-unsaturated/α-hetero) is 1. The second kappa shape index (κ2) is 9.66. The van der Waals surface area contributed by atoms with Crippen LogP contribution in [-0.2, 0) is 38.7 Å². The zero-order valence-electron chi connectivity index (χ0n) is 23.0. The number of hydrogen-bond acceptors (Lipinski definition) is 10. The van der Waals surface area contributed by atoms with Crippen LogP contribution >= 0.6 is 0 Å². The number of carbonyl (C=O) groups excluding carboxylic acids is 3. The Hall–Kier alpha value is -3.95. The minimum Gasteiger partial charge on any atom is -0.493 e. The Kier molecular flexibility index (Phi) is 6.60. The Bertz CT molecular complexity index is 1350. The zero-order valence-corrected chi connectivity index (χ0v) is 23.0. The standard InChI is InChI=1S/C29H32O10/c1-8-13(2)28(32)39-22-14(3)15(4)23(38-16(5)30)18-10-19(33-6)25(34-7)27(31)29(18)11-35-26-21(29)17(22)9-20-24(26)37-12-36-20/h8-10,14-15,22-23H,11-12H2,1-7H3/b13-8+/t14-,15-,22-,23-,29?/m1/s1. The van der Waals surface area contributed by atoms with E-state index in [9.17, 15) is 14.4 Å². The Morgan fingerprint density at radius 2 is 1.72 bits per heavy atom. The van der Waals surface area contributed by atoms with Crippen molar-refractivity contribution in [2.45, 2.75) is 52.2 Å². The van der Waals surface area contributed by atoms with E-state index in [2.05, 4.69) is 0 Å². The van der Waals surface area contributed by atoms with Crippen molar-refractivity contribution in [1.29, 1.82) is 0 Å². The van der Waals surface area contributed by atoms with Gasteiger partial charge in [-0.3, -0.25) is 9.59 Å². The molecular formula is C29H32O10. The number of carbonyl (C=O) groups is 3. The summed E-state index contributed by atoms with van der Waals surface area (Å²) in [4.78, 5) is 40.0. The Balaban J connectivity index is 1.86. The largest absolute Gasteiger partial charge is 0.493 e. The molecule has 2 aliphatic heterocycles. The molecule has 4 aliphatic rings.